The second-order valence-electron chi connectivity index (χ2n) is 2.92. The van der Waals surface area contributed by atoms with E-state index in [0.29, 0.717) is 6.54 Å². The van der Waals surface area contributed by atoms with Gasteiger partial charge in [-0.15, -0.1) is 0 Å². The maximum atomic E-state index is 12.2. The fourth-order valence-corrected chi connectivity index (χ4v) is 0.907. The number of halogens is 2. The summed E-state index contributed by atoms with van der Waals surface area (Å²) in [6.07, 6.45) is 0.0312. The average Bonchev–Trinajstić information content (AvgIpc) is 2.48. The van der Waals surface area contributed by atoms with Gasteiger partial charge in [-0.25, -0.2) is 8.78 Å². The molecule has 0 aliphatic carbocycles. The first kappa shape index (κ1) is 16.2. The third kappa shape index (κ3) is 9.86. The smallest absolute Gasteiger partial charge is 0.261 e. The lowest BCUT2D eigenvalue weighted by atomic mass is 10.3. The van der Waals surface area contributed by atoms with Gasteiger partial charge < -0.3 is 9.64 Å². The Hall–Kier alpha value is -0.220. The third-order valence-corrected chi connectivity index (χ3v) is 1.65. The van der Waals surface area contributed by atoms with Crippen molar-refractivity contribution in [2.45, 2.75) is 33.1 Å². The van der Waals surface area contributed by atoms with E-state index in [4.69, 9.17) is 0 Å². The van der Waals surface area contributed by atoms with Crippen molar-refractivity contribution in [3.05, 3.63) is 0 Å². The van der Waals surface area contributed by atoms with E-state index in [0.717, 1.165) is 6.61 Å². The predicted molar refractivity (Wildman–Crippen MR) is 56.0 cm³/mol. The lowest BCUT2D eigenvalue weighted by molar-refractivity contribution is 0.0146. The highest BCUT2D eigenvalue weighted by Gasteiger charge is 2.35. The molecule has 2 nitrogen and oxygen atoms in total. The van der Waals surface area contributed by atoms with Crippen LogP contribution in [-0.4, -0.2) is 44.7 Å². The van der Waals surface area contributed by atoms with Gasteiger partial charge in [-0.05, 0) is 14.0 Å². The van der Waals surface area contributed by atoms with Gasteiger partial charge in [0.1, 0.15) is 0 Å². The van der Waals surface area contributed by atoms with Crippen LogP contribution in [0.4, 0.5) is 8.78 Å². The molecule has 1 aliphatic rings. The van der Waals surface area contributed by atoms with Gasteiger partial charge in [0.15, 0.2) is 0 Å². The average molecular weight is 211 g/mol. The van der Waals surface area contributed by atoms with Gasteiger partial charge in [0.2, 0.25) is 0 Å². The molecule has 0 unspecified atom stereocenters. The number of nitrogens with zero attached hydrogens (tertiary/aromatic N) is 1. The summed E-state index contributed by atoms with van der Waals surface area (Å²) in [6.45, 7) is 7.25. The number of methoxy groups -OCH3 is 1. The number of ether oxygens (including phenoxy) is 1. The molecule has 0 saturated carbocycles. The summed E-state index contributed by atoms with van der Waals surface area (Å²) in [5.74, 6) is -2.41. The van der Waals surface area contributed by atoms with Crippen LogP contribution in [0.2, 0.25) is 0 Å². The molecule has 0 radical (unpaired) electrons. The van der Waals surface area contributed by atoms with E-state index in [2.05, 4.69) is 4.74 Å². The number of hydrogen-bond donors (Lipinski definition) is 0. The van der Waals surface area contributed by atoms with Gasteiger partial charge in [-0.2, -0.15) is 0 Å². The van der Waals surface area contributed by atoms with Crippen molar-refractivity contribution in [1.82, 2.24) is 4.90 Å². The van der Waals surface area contributed by atoms with Crippen molar-refractivity contribution in [2.75, 3.05) is 33.9 Å². The van der Waals surface area contributed by atoms with E-state index in [-0.39, 0.29) is 13.0 Å². The summed E-state index contributed by atoms with van der Waals surface area (Å²) in [5.41, 5.74) is 0. The summed E-state index contributed by atoms with van der Waals surface area (Å²) in [7, 11) is 3.39. The maximum absolute atomic E-state index is 12.2. The minimum absolute atomic E-state index is 0.0312. The Kier molecular flexibility index (Phi) is 10.8. The maximum Gasteiger partial charge on any atom is 0.261 e. The molecular formula is C10H23F2NO. The van der Waals surface area contributed by atoms with Gasteiger partial charge in [0, 0.05) is 26.7 Å². The summed E-state index contributed by atoms with van der Waals surface area (Å²) in [5, 5.41) is 0. The molecule has 1 rings (SSSR count). The van der Waals surface area contributed by atoms with E-state index < -0.39 is 5.92 Å². The first-order valence-corrected chi connectivity index (χ1v) is 5.07. The van der Waals surface area contributed by atoms with Crippen molar-refractivity contribution in [1.29, 1.82) is 0 Å². The monoisotopic (exact) mass is 211 g/mol. The second-order valence-corrected chi connectivity index (χ2v) is 2.92. The van der Waals surface area contributed by atoms with E-state index in [9.17, 15) is 8.78 Å². The minimum Gasteiger partial charge on any atom is -0.385 e. The van der Waals surface area contributed by atoms with Crippen LogP contribution in [0.3, 0.4) is 0 Å². The topological polar surface area (TPSA) is 12.5 Å². The molecule has 0 aromatic rings. The molecule has 0 bridgehead atoms. The fourth-order valence-electron chi connectivity index (χ4n) is 0.907. The summed E-state index contributed by atoms with van der Waals surface area (Å²) in [6, 6.07) is 0. The first-order chi connectivity index (χ1) is 6.52. The molecule has 0 amide bonds. The van der Waals surface area contributed by atoms with Gasteiger partial charge in [0.25, 0.3) is 5.92 Å². The predicted octanol–water partition coefficient (Wildman–Crippen LogP) is 2.64. The second kappa shape index (κ2) is 9.34. The zero-order valence-electron chi connectivity index (χ0n) is 9.94. The standard InChI is InChI=1S/C5H9F2N.C3H8O.C2H6/c1-8-3-2-5(6,7)4-8;1-3-4-2;1-2/h2-4H2,1H3;3H2,1-2H3;1-2H3. The first-order valence-electron chi connectivity index (χ1n) is 5.07. The van der Waals surface area contributed by atoms with Crippen LogP contribution < -0.4 is 0 Å². The van der Waals surface area contributed by atoms with Crippen LogP contribution in [0.1, 0.15) is 27.2 Å². The molecule has 4 heteroatoms. The van der Waals surface area contributed by atoms with Gasteiger partial charge >= 0.3 is 0 Å². The van der Waals surface area contributed by atoms with Gasteiger partial charge in [0.05, 0.1) is 6.54 Å². The molecule has 0 spiro atoms. The lowest BCUT2D eigenvalue weighted by Crippen LogP contribution is -2.21. The van der Waals surface area contributed by atoms with Crippen molar-refractivity contribution in [2.24, 2.45) is 0 Å². The molecule has 1 fully saturated rings. The molecule has 1 heterocycles. The Bertz CT molecular complexity index is 119. The van der Waals surface area contributed by atoms with Gasteiger partial charge in [-0.1, -0.05) is 13.8 Å². The largest absolute Gasteiger partial charge is 0.385 e. The summed E-state index contributed by atoms with van der Waals surface area (Å²) in [4.78, 5) is 1.64. The van der Waals surface area contributed by atoms with Crippen LogP contribution in [-0.2, 0) is 4.74 Å². The van der Waals surface area contributed by atoms with Crippen LogP contribution in [0.25, 0.3) is 0 Å². The Morgan fingerprint density at radius 2 is 1.79 bits per heavy atom. The molecule has 0 aromatic carbocycles. The lowest BCUT2D eigenvalue weighted by Gasteiger charge is -2.06. The Morgan fingerprint density at radius 3 is 1.86 bits per heavy atom. The molecule has 0 aromatic heterocycles. The number of alkyl halides is 2. The molecular weight excluding hydrogens is 188 g/mol. The van der Waals surface area contributed by atoms with E-state index >= 15 is 0 Å². The van der Waals surface area contributed by atoms with Crippen molar-refractivity contribution >= 4 is 0 Å². The molecule has 14 heavy (non-hydrogen) atoms. The molecule has 1 saturated heterocycles. The van der Waals surface area contributed by atoms with Crippen LogP contribution >= 0.6 is 0 Å². The molecule has 88 valence electrons. The highest BCUT2D eigenvalue weighted by Crippen LogP contribution is 2.24. The Morgan fingerprint density at radius 1 is 1.36 bits per heavy atom. The fraction of sp³-hybridized carbons (Fsp3) is 1.00. The van der Waals surface area contributed by atoms with E-state index in [1.807, 2.05) is 20.8 Å². The van der Waals surface area contributed by atoms with Crippen LogP contribution in [0, 0.1) is 0 Å². The van der Waals surface area contributed by atoms with Crippen molar-refractivity contribution < 1.29 is 13.5 Å². The molecule has 0 atom stereocenters. The SMILES string of the molecule is CC.CCOC.CN1CCC(F)(F)C1. The Balaban J connectivity index is 0. The molecule has 0 N–H and O–H groups in total. The molecule has 1 aliphatic heterocycles. The van der Waals surface area contributed by atoms with Crippen LogP contribution in [0.5, 0.6) is 0 Å². The zero-order chi connectivity index (χ0) is 11.6. The summed E-state index contributed by atoms with van der Waals surface area (Å²) >= 11 is 0. The van der Waals surface area contributed by atoms with Crippen LogP contribution in [0.15, 0.2) is 0 Å². The Labute approximate surface area is 86.2 Å². The normalized spacial score (nSPS) is 19.1. The summed E-state index contributed by atoms with van der Waals surface area (Å²) < 4.78 is 28.8. The van der Waals surface area contributed by atoms with E-state index in [1.54, 1.807) is 19.1 Å². The number of hydrogen-bond acceptors (Lipinski definition) is 2. The zero-order valence-corrected chi connectivity index (χ0v) is 9.94. The minimum atomic E-state index is -2.41. The quantitative estimate of drug-likeness (QED) is 0.661. The highest BCUT2D eigenvalue weighted by molar-refractivity contribution is 4.78. The van der Waals surface area contributed by atoms with Crippen molar-refractivity contribution in [3.8, 4) is 0 Å². The van der Waals surface area contributed by atoms with Crippen molar-refractivity contribution in [3.63, 3.8) is 0 Å². The highest BCUT2D eigenvalue weighted by atomic mass is 19.3. The third-order valence-electron chi connectivity index (χ3n) is 1.65. The number of rotatable bonds is 1. The van der Waals surface area contributed by atoms with Gasteiger partial charge in [-0.3, -0.25) is 0 Å². The number of likely N-dealkylation sites (tertiary alicyclic amines) is 1. The van der Waals surface area contributed by atoms with E-state index in [1.165, 1.54) is 0 Å².